The van der Waals surface area contributed by atoms with Gasteiger partial charge >= 0.3 is 5.69 Å². The Hall–Kier alpha value is -3.60. The van der Waals surface area contributed by atoms with Crippen LogP contribution in [0.15, 0.2) is 42.1 Å². The molecule has 0 aromatic heterocycles. The van der Waals surface area contributed by atoms with Crippen LogP contribution in [-0.4, -0.2) is 15.1 Å². The fourth-order valence-electron chi connectivity index (χ4n) is 1.80. The fraction of sp³-hybridized carbons (Fsp3) is 0. The molecule has 0 spiro atoms. The van der Waals surface area contributed by atoms with E-state index in [9.17, 15) is 24.7 Å². The van der Waals surface area contributed by atoms with E-state index >= 15 is 0 Å². The molecule has 3 N–H and O–H groups in total. The quantitative estimate of drug-likeness (QED) is 0.345. The second-order valence-corrected chi connectivity index (χ2v) is 4.47. The van der Waals surface area contributed by atoms with Crippen molar-refractivity contribution in [1.82, 2.24) is 0 Å². The number of phenols is 2. The number of hydrogen-bond acceptors (Lipinski definition) is 6. The van der Waals surface area contributed by atoms with Crippen molar-refractivity contribution in [3.63, 3.8) is 0 Å². The van der Waals surface area contributed by atoms with Crippen molar-refractivity contribution in [2.75, 3.05) is 5.32 Å². The lowest BCUT2D eigenvalue weighted by Gasteiger charge is -2.05. The Morgan fingerprint density at radius 1 is 1.30 bits per heavy atom. The average Bonchev–Trinajstić information content (AvgIpc) is 2.51. The molecule has 0 aliphatic heterocycles. The molecule has 0 saturated carbocycles. The van der Waals surface area contributed by atoms with Gasteiger partial charge in [0.15, 0.2) is 5.75 Å². The van der Waals surface area contributed by atoms with Crippen LogP contribution in [0.5, 0.6) is 11.5 Å². The van der Waals surface area contributed by atoms with E-state index in [1.54, 1.807) is 0 Å². The number of nitriles is 1. The van der Waals surface area contributed by atoms with Crippen LogP contribution in [0, 0.1) is 27.3 Å². The van der Waals surface area contributed by atoms with E-state index in [1.165, 1.54) is 30.3 Å². The van der Waals surface area contributed by atoms with Crippen molar-refractivity contribution in [1.29, 1.82) is 5.26 Å². The standard InChI is InChI=1S/C15H10FN3O4/c16-10-1-3-11(4-2-10)18-12(8-17)5-9-6-13(19(22)23)15(21)14(20)7-9/h1-7,18,20-21H/b12-5+. The zero-order valence-electron chi connectivity index (χ0n) is 11.5. The highest BCUT2D eigenvalue weighted by Gasteiger charge is 2.18. The minimum Gasteiger partial charge on any atom is -0.504 e. The number of rotatable bonds is 4. The summed E-state index contributed by atoms with van der Waals surface area (Å²) in [4.78, 5) is 9.95. The predicted octanol–water partition coefficient (Wildman–Crippen LogP) is 3.12. The van der Waals surface area contributed by atoms with Crippen LogP contribution in [0.2, 0.25) is 0 Å². The molecule has 2 rings (SSSR count). The first kappa shape index (κ1) is 15.8. The molecule has 0 heterocycles. The lowest BCUT2D eigenvalue weighted by atomic mass is 10.1. The molecule has 7 nitrogen and oxygen atoms in total. The summed E-state index contributed by atoms with van der Waals surface area (Å²) in [5, 5.41) is 41.5. The summed E-state index contributed by atoms with van der Waals surface area (Å²) in [6.45, 7) is 0. The van der Waals surface area contributed by atoms with Crippen LogP contribution in [0.1, 0.15) is 5.56 Å². The summed E-state index contributed by atoms with van der Waals surface area (Å²) in [5.74, 6) is -1.96. The zero-order valence-corrected chi connectivity index (χ0v) is 11.5. The van der Waals surface area contributed by atoms with Gasteiger partial charge in [0.2, 0.25) is 5.75 Å². The van der Waals surface area contributed by atoms with Gasteiger partial charge in [-0.2, -0.15) is 5.26 Å². The Balaban J connectivity index is 2.36. The highest BCUT2D eigenvalue weighted by atomic mass is 19.1. The number of phenolic OH excluding ortho intramolecular Hbond substituents is 2. The van der Waals surface area contributed by atoms with Crippen LogP contribution in [0.25, 0.3) is 6.08 Å². The monoisotopic (exact) mass is 315 g/mol. The third-order valence-corrected chi connectivity index (χ3v) is 2.84. The summed E-state index contributed by atoms with van der Waals surface area (Å²) >= 11 is 0. The SMILES string of the molecule is N#C/C(=C\c1cc(O)c(O)c([N+](=O)[O-])c1)Nc1ccc(F)cc1. The topological polar surface area (TPSA) is 119 Å². The van der Waals surface area contributed by atoms with E-state index in [0.717, 1.165) is 12.1 Å². The van der Waals surface area contributed by atoms with Gasteiger partial charge in [0.1, 0.15) is 17.6 Å². The Morgan fingerprint density at radius 2 is 1.96 bits per heavy atom. The van der Waals surface area contributed by atoms with Gasteiger partial charge in [0.25, 0.3) is 0 Å². The highest BCUT2D eigenvalue weighted by molar-refractivity contribution is 5.69. The summed E-state index contributed by atoms with van der Waals surface area (Å²) in [6.07, 6.45) is 1.25. The van der Waals surface area contributed by atoms with Gasteiger partial charge in [-0.1, -0.05) is 0 Å². The number of aromatic hydroxyl groups is 2. The van der Waals surface area contributed by atoms with Gasteiger partial charge in [-0.25, -0.2) is 4.39 Å². The Bertz CT molecular complexity index is 826. The maximum absolute atomic E-state index is 12.8. The minimum atomic E-state index is -0.855. The van der Waals surface area contributed by atoms with Gasteiger partial charge in [0.05, 0.1) is 4.92 Å². The molecule has 23 heavy (non-hydrogen) atoms. The molecule has 2 aromatic rings. The summed E-state index contributed by atoms with van der Waals surface area (Å²) in [6, 6.07) is 9.16. The van der Waals surface area contributed by atoms with E-state index in [1.807, 2.05) is 6.07 Å². The molecule has 0 radical (unpaired) electrons. The van der Waals surface area contributed by atoms with Gasteiger partial charge < -0.3 is 15.5 Å². The number of halogens is 1. The van der Waals surface area contributed by atoms with Gasteiger partial charge in [-0.15, -0.1) is 0 Å². The van der Waals surface area contributed by atoms with E-state index in [0.29, 0.717) is 5.69 Å². The molecule has 0 aliphatic carbocycles. The van der Waals surface area contributed by atoms with E-state index < -0.39 is 27.9 Å². The molecule has 0 amide bonds. The molecule has 0 aliphatic rings. The number of hydrogen-bond donors (Lipinski definition) is 3. The Kier molecular flexibility index (Phi) is 4.42. The van der Waals surface area contributed by atoms with Crippen LogP contribution in [-0.2, 0) is 0 Å². The third-order valence-electron chi connectivity index (χ3n) is 2.84. The van der Waals surface area contributed by atoms with Gasteiger partial charge in [0, 0.05) is 11.8 Å². The average molecular weight is 315 g/mol. The lowest BCUT2D eigenvalue weighted by Crippen LogP contribution is -1.97. The van der Waals surface area contributed by atoms with Crippen molar-refractivity contribution in [2.24, 2.45) is 0 Å². The van der Waals surface area contributed by atoms with Crippen LogP contribution >= 0.6 is 0 Å². The summed E-state index contributed by atoms with van der Waals surface area (Å²) in [7, 11) is 0. The molecule has 0 saturated heterocycles. The molecule has 0 fully saturated rings. The lowest BCUT2D eigenvalue weighted by molar-refractivity contribution is -0.386. The zero-order chi connectivity index (χ0) is 17.0. The van der Waals surface area contributed by atoms with E-state index in [4.69, 9.17) is 5.26 Å². The largest absolute Gasteiger partial charge is 0.504 e. The van der Waals surface area contributed by atoms with Crippen molar-refractivity contribution >= 4 is 17.5 Å². The Morgan fingerprint density at radius 3 is 2.52 bits per heavy atom. The van der Waals surface area contributed by atoms with Crippen molar-refractivity contribution in [2.45, 2.75) is 0 Å². The van der Waals surface area contributed by atoms with Gasteiger partial charge in [-0.3, -0.25) is 10.1 Å². The number of allylic oxidation sites excluding steroid dienone is 1. The number of nitro benzene ring substituents is 1. The normalized spacial score (nSPS) is 10.9. The molecule has 2 aromatic carbocycles. The first-order valence-corrected chi connectivity index (χ1v) is 6.25. The van der Waals surface area contributed by atoms with Crippen LogP contribution in [0.4, 0.5) is 15.8 Å². The van der Waals surface area contributed by atoms with E-state index in [2.05, 4.69) is 5.32 Å². The number of nitro groups is 1. The maximum atomic E-state index is 12.8. The second-order valence-electron chi connectivity index (χ2n) is 4.47. The third kappa shape index (κ3) is 3.74. The van der Waals surface area contributed by atoms with E-state index in [-0.39, 0.29) is 11.3 Å². The first-order chi connectivity index (χ1) is 10.9. The maximum Gasteiger partial charge on any atom is 0.315 e. The van der Waals surface area contributed by atoms with Crippen molar-refractivity contribution in [3.8, 4) is 17.6 Å². The molecular weight excluding hydrogens is 305 g/mol. The van der Waals surface area contributed by atoms with Crippen molar-refractivity contribution in [3.05, 3.63) is 63.6 Å². The second kappa shape index (κ2) is 6.44. The number of nitrogens with zero attached hydrogens (tertiary/aromatic N) is 2. The summed E-state index contributed by atoms with van der Waals surface area (Å²) in [5.41, 5.74) is -0.0961. The minimum absolute atomic E-state index is 0.0102. The fourth-order valence-corrected chi connectivity index (χ4v) is 1.80. The number of nitrogens with one attached hydrogen (secondary N) is 1. The number of benzene rings is 2. The van der Waals surface area contributed by atoms with Crippen molar-refractivity contribution < 1.29 is 19.5 Å². The van der Waals surface area contributed by atoms with Gasteiger partial charge in [-0.05, 0) is 42.0 Å². The molecule has 0 unspecified atom stereocenters. The number of anilines is 1. The molecular formula is C15H10FN3O4. The molecule has 0 bridgehead atoms. The highest BCUT2D eigenvalue weighted by Crippen LogP contribution is 2.36. The Labute approximate surface area is 129 Å². The van der Waals surface area contributed by atoms with Crippen LogP contribution in [0.3, 0.4) is 0 Å². The summed E-state index contributed by atoms with van der Waals surface area (Å²) < 4.78 is 12.8. The molecule has 0 atom stereocenters. The van der Waals surface area contributed by atoms with Crippen LogP contribution < -0.4 is 5.32 Å². The first-order valence-electron chi connectivity index (χ1n) is 6.25. The molecule has 116 valence electrons. The smallest absolute Gasteiger partial charge is 0.315 e. The predicted molar refractivity (Wildman–Crippen MR) is 80.0 cm³/mol. The molecule has 8 heteroatoms.